The van der Waals surface area contributed by atoms with Crippen LogP contribution in [0.4, 0.5) is 0 Å². The smallest absolute Gasteiger partial charge is 0.254 e. The van der Waals surface area contributed by atoms with Gasteiger partial charge in [-0.2, -0.15) is 0 Å². The molecule has 1 N–H and O–H groups in total. The van der Waals surface area contributed by atoms with Crippen molar-refractivity contribution in [2.45, 2.75) is 45.1 Å². The topological polar surface area (TPSA) is 40.5 Å². The highest BCUT2D eigenvalue weighted by Crippen LogP contribution is 2.49. The fourth-order valence-electron chi connectivity index (χ4n) is 4.53. The molecule has 2 aliphatic rings. The van der Waals surface area contributed by atoms with Gasteiger partial charge >= 0.3 is 0 Å². The van der Waals surface area contributed by atoms with Crippen LogP contribution in [0.5, 0.6) is 5.75 Å². The van der Waals surface area contributed by atoms with Crippen molar-refractivity contribution in [3.8, 4) is 5.75 Å². The molecule has 1 heterocycles. The molecule has 1 aliphatic carbocycles. The van der Waals surface area contributed by atoms with Crippen molar-refractivity contribution in [2.75, 3.05) is 6.54 Å². The van der Waals surface area contributed by atoms with Crippen LogP contribution in [0.15, 0.2) is 54.7 Å². The summed E-state index contributed by atoms with van der Waals surface area (Å²) in [7, 11) is 0. The first-order valence-corrected chi connectivity index (χ1v) is 8.91. The van der Waals surface area contributed by atoms with Crippen molar-refractivity contribution in [2.24, 2.45) is 5.92 Å². The van der Waals surface area contributed by atoms with Gasteiger partial charge in [0.05, 0.1) is 0 Å². The van der Waals surface area contributed by atoms with E-state index in [1.807, 2.05) is 24.0 Å². The van der Waals surface area contributed by atoms with Crippen LogP contribution in [0.3, 0.4) is 0 Å². The molecule has 1 aromatic carbocycles. The summed E-state index contributed by atoms with van der Waals surface area (Å²) in [6.07, 6.45) is 5.14. The third-order valence-corrected chi connectivity index (χ3v) is 6.23. The minimum atomic E-state index is -0.0146. The Bertz CT molecular complexity index is 776. The summed E-state index contributed by atoms with van der Waals surface area (Å²) in [6.45, 7) is 14.8. The molecule has 0 saturated carbocycles. The highest BCUT2D eigenvalue weighted by atomic mass is 16.3. The maximum Gasteiger partial charge on any atom is 0.254 e. The van der Waals surface area contributed by atoms with Crippen molar-refractivity contribution in [3.63, 3.8) is 0 Å². The van der Waals surface area contributed by atoms with Crippen LogP contribution in [0.1, 0.15) is 38.3 Å². The normalized spacial score (nSPS) is 28.3. The monoisotopic (exact) mass is 337 g/mol. The minimum absolute atomic E-state index is 0.0146. The number of likely N-dealkylation sites (tertiary alicyclic amines) is 1. The summed E-state index contributed by atoms with van der Waals surface area (Å²) in [5, 5.41) is 9.93. The van der Waals surface area contributed by atoms with E-state index in [1.165, 1.54) is 11.1 Å². The summed E-state index contributed by atoms with van der Waals surface area (Å²) in [5.41, 5.74) is 3.88. The number of hydrogen-bond acceptors (Lipinski definition) is 2. The Morgan fingerprint density at radius 3 is 2.80 bits per heavy atom. The number of piperidine rings is 1. The second kappa shape index (κ2) is 6.21. The maximum atomic E-state index is 13.2. The summed E-state index contributed by atoms with van der Waals surface area (Å²) >= 11 is 0. The third kappa shape index (κ3) is 2.72. The first-order chi connectivity index (χ1) is 11.8. The fourth-order valence-corrected chi connectivity index (χ4v) is 4.53. The Morgan fingerprint density at radius 1 is 1.44 bits per heavy atom. The summed E-state index contributed by atoms with van der Waals surface area (Å²) < 4.78 is 0. The molecule has 0 radical (unpaired) electrons. The molecule has 3 rings (SSSR count). The number of carbonyl (C=O) groups excluding carboxylic acids is 1. The molecule has 3 unspecified atom stereocenters. The Labute approximate surface area is 150 Å². The Morgan fingerprint density at radius 2 is 2.16 bits per heavy atom. The second-order valence-corrected chi connectivity index (χ2v) is 7.66. The molecule has 0 spiro atoms. The van der Waals surface area contributed by atoms with E-state index in [0.29, 0.717) is 17.2 Å². The molecule has 1 saturated heterocycles. The van der Waals surface area contributed by atoms with Crippen molar-refractivity contribution in [3.05, 3.63) is 65.8 Å². The predicted molar refractivity (Wildman–Crippen MR) is 102 cm³/mol. The van der Waals surface area contributed by atoms with E-state index in [0.717, 1.165) is 25.0 Å². The zero-order valence-corrected chi connectivity index (χ0v) is 15.4. The lowest BCUT2D eigenvalue weighted by Crippen LogP contribution is -2.59. The molecule has 1 amide bonds. The van der Waals surface area contributed by atoms with Gasteiger partial charge in [-0.15, -0.1) is 0 Å². The zero-order chi connectivity index (χ0) is 18.4. The number of phenolic OH excluding ortho intramolecular Hbond substituents is 1. The number of benzene rings is 1. The average Bonchev–Trinajstić information content (AvgIpc) is 2.56. The van der Waals surface area contributed by atoms with Crippen molar-refractivity contribution < 1.29 is 9.90 Å². The van der Waals surface area contributed by atoms with Gasteiger partial charge in [-0.3, -0.25) is 4.79 Å². The number of amides is 1. The third-order valence-electron chi connectivity index (χ3n) is 6.23. The van der Waals surface area contributed by atoms with E-state index in [2.05, 4.69) is 27.0 Å². The molecule has 0 aromatic heterocycles. The van der Waals surface area contributed by atoms with Gasteiger partial charge in [0.25, 0.3) is 5.91 Å². The predicted octanol–water partition coefficient (Wildman–Crippen LogP) is 4.13. The van der Waals surface area contributed by atoms with Gasteiger partial charge in [0.15, 0.2) is 0 Å². The van der Waals surface area contributed by atoms with Crippen LogP contribution in [-0.4, -0.2) is 28.5 Å². The van der Waals surface area contributed by atoms with Crippen LogP contribution in [0.25, 0.3) is 0 Å². The van der Waals surface area contributed by atoms with Crippen molar-refractivity contribution >= 4 is 5.91 Å². The SMILES string of the molecule is C=C/C=C(\C(=C)C)C(=O)N1CCC2(C)c3cc(O)ccc3CC1C2C. The Kier molecular flexibility index (Phi) is 4.36. The highest BCUT2D eigenvalue weighted by Gasteiger charge is 2.49. The molecule has 132 valence electrons. The number of rotatable bonds is 3. The number of nitrogens with zero attached hydrogens (tertiary/aromatic N) is 1. The van der Waals surface area contributed by atoms with Gasteiger partial charge in [-0.1, -0.05) is 39.1 Å². The molecular weight excluding hydrogens is 310 g/mol. The standard InChI is InChI=1S/C22H27NO2/c1-6-7-18(14(2)3)21(25)23-11-10-22(5)15(4)20(23)12-16-8-9-17(24)13-19(16)22/h6-9,13,15,20,24H,1-2,10-12H2,3-5H3/b18-7+. The zero-order valence-electron chi connectivity index (χ0n) is 15.4. The summed E-state index contributed by atoms with van der Waals surface area (Å²) in [5.74, 6) is 0.700. The largest absolute Gasteiger partial charge is 0.508 e. The summed E-state index contributed by atoms with van der Waals surface area (Å²) in [6, 6.07) is 5.83. The number of phenols is 1. The lowest BCUT2D eigenvalue weighted by atomic mass is 9.59. The fraction of sp³-hybridized carbons (Fsp3) is 0.409. The van der Waals surface area contributed by atoms with Gasteiger partial charge in [-0.05, 0) is 66.0 Å². The number of carbonyl (C=O) groups is 1. The van der Waals surface area contributed by atoms with E-state index >= 15 is 0 Å². The van der Waals surface area contributed by atoms with Gasteiger partial charge in [0.1, 0.15) is 5.75 Å². The molecule has 25 heavy (non-hydrogen) atoms. The number of hydrogen-bond donors (Lipinski definition) is 1. The molecule has 3 nitrogen and oxygen atoms in total. The number of aromatic hydroxyl groups is 1. The lowest BCUT2D eigenvalue weighted by Gasteiger charge is -2.54. The minimum Gasteiger partial charge on any atom is -0.508 e. The van der Waals surface area contributed by atoms with E-state index in [1.54, 1.807) is 18.2 Å². The molecule has 3 heteroatoms. The van der Waals surface area contributed by atoms with Crippen LogP contribution >= 0.6 is 0 Å². The first kappa shape index (κ1) is 17.5. The molecule has 1 aromatic rings. The Hall–Kier alpha value is -2.29. The molecule has 2 bridgehead atoms. The second-order valence-electron chi connectivity index (χ2n) is 7.66. The van der Waals surface area contributed by atoms with Gasteiger partial charge in [-0.25, -0.2) is 0 Å². The number of fused-ring (bicyclic) bond motifs is 4. The van der Waals surface area contributed by atoms with E-state index in [-0.39, 0.29) is 17.4 Å². The van der Waals surface area contributed by atoms with Crippen LogP contribution in [0.2, 0.25) is 0 Å². The van der Waals surface area contributed by atoms with Crippen LogP contribution in [-0.2, 0) is 16.6 Å². The van der Waals surface area contributed by atoms with Gasteiger partial charge < -0.3 is 10.0 Å². The van der Waals surface area contributed by atoms with Crippen molar-refractivity contribution in [1.82, 2.24) is 4.90 Å². The number of allylic oxidation sites excluding steroid dienone is 2. The molecule has 1 fully saturated rings. The van der Waals surface area contributed by atoms with Crippen LogP contribution in [0, 0.1) is 5.92 Å². The van der Waals surface area contributed by atoms with Gasteiger partial charge in [0, 0.05) is 18.2 Å². The van der Waals surface area contributed by atoms with Gasteiger partial charge in [0.2, 0.25) is 0 Å². The van der Waals surface area contributed by atoms with E-state index in [4.69, 9.17) is 0 Å². The van der Waals surface area contributed by atoms with Crippen LogP contribution < -0.4 is 0 Å². The quantitative estimate of drug-likeness (QED) is 0.665. The molecular formula is C22H27NO2. The van der Waals surface area contributed by atoms with E-state index in [9.17, 15) is 9.90 Å². The highest BCUT2D eigenvalue weighted by molar-refractivity contribution is 5.98. The van der Waals surface area contributed by atoms with Crippen molar-refractivity contribution in [1.29, 1.82) is 0 Å². The summed E-state index contributed by atoms with van der Waals surface area (Å²) in [4.78, 5) is 15.2. The molecule has 3 atom stereocenters. The maximum absolute atomic E-state index is 13.2. The first-order valence-electron chi connectivity index (χ1n) is 8.91. The Balaban J connectivity index is 2.00. The lowest BCUT2D eigenvalue weighted by molar-refractivity contribution is -0.134. The molecule has 1 aliphatic heterocycles. The average molecular weight is 337 g/mol. The van der Waals surface area contributed by atoms with E-state index < -0.39 is 0 Å².